The van der Waals surface area contributed by atoms with E-state index in [1.165, 1.54) is 16.3 Å². The second kappa shape index (κ2) is 9.72. The number of aryl methyl sites for hydroxylation is 1. The summed E-state index contributed by atoms with van der Waals surface area (Å²) < 4.78 is 6.03. The van der Waals surface area contributed by atoms with Gasteiger partial charge in [-0.15, -0.1) is 0 Å². The monoisotopic (exact) mass is 432 g/mol. The van der Waals surface area contributed by atoms with Gasteiger partial charge in [0.1, 0.15) is 0 Å². The minimum Gasteiger partial charge on any atom is -0.478 e. The van der Waals surface area contributed by atoms with Crippen molar-refractivity contribution in [2.24, 2.45) is 0 Å². The SMILES string of the molecule is Cc1ccc(N2CCOC(CCN[C@H](C)c3cccc4ccccc34)C2)c(C)c1C(=O)O. The maximum absolute atomic E-state index is 11.7. The van der Waals surface area contributed by atoms with Gasteiger partial charge in [0, 0.05) is 24.8 Å². The van der Waals surface area contributed by atoms with Gasteiger partial charge in [0.15, 0.2) is 0 Å². The molecule has 0 aliphatic carbocycles. The zero-order valence-electron chi connectivity index (χ0n) is 19.1. The van der Waals surface area contributed by atoms with E-state index in [4.69, 9.17) is 4.74 Å². The molecule has 3 aromatic rings. The Hall–Kier alpha value is -2.89. The molecule has 2 N–H and O–H groups in total. The lowest BCUT2D eigenvalue weighted by molar-refractivity contribution is 0.0351. The lowest BCUT2D eigenvalue weighted by atomic mass is 9.99. The van der Waals surface area contributed by atoms with Gasteiger partial charge in [-0.1, -0.05) is 48.5 Å². The topological polar surface area (TPSA) is 61.8 Å². The highest BCUT2D eigenvalue weighted by Crippen LogP contribution is 2.28. The fraction of sp³-hybridized carbons (Fsp3) is 0.370. The van der Waals surface area contributed by atoms with Crippen LogP contribution in [0.4, 0.5) is 5.69 Å². The fourth-order valence-corrected chi connectivity index (χ4v) is 4.82. The van der Waals surface area contributed by atoms with Crippen molar-refractivity contribution in [1.29, 1.82) is 0 Å². The number of nitrogens with one attached hydrogen (secondary N) is 1. The van der Waals surface area contributed by atoms with Crippen LogP contribution in [0.3, 0.4) is 0 Å². The molecule has 1 aliphatic heterocycles. The molecule has 1 fully saturated rings. The molecule has 1 heterocycles. The minimum atomic E-state index is -0.863. The third kappa shape index (κ3) is 4.64. The van der Waals surface area contributed by atoms with Crippen LogP contribution >= 0.6 is 0 Å². The van der Waals surface area contributed by atoms with Gasteiger partial charge in [-0.3, -0.25) is 0 Å². The number of morpholine rings is 1. The molecule has 1 aliphatic rings. The second-order valence-electron chi connectivity index (χ2n) is 8.68. The van der Waals surface area contributed by atoms with Gasteiger partial charge in [-0.05, 0) is 67.3 Å². The van der Waals surface area contributed by atoms with Crippen molar-refractivity contribution in [3.05, 3.63) is 76.9 Å². The number of nitrogens with zero attached hydrogens (tertiary/aromatic N) is 1. The molecule has 1 unspecified atom stereocenters. The average Bonchev–Trinajstić information content (AvgIpc) is 2.78. The summed E-state index contributed by atoms with van der Waals surface area (Å²) >= 11 is 0. The molecule has 5 heteroatoms. The van der Waals surface area contributed by atoms with Crippen molar-refractivity contribution in [2.45, 2.75) is 39.3 Å². The number of hydrogen-bond donors (Lipinski definition) is 2. The van der Waals surface area contributed by atoms with Crippen molar-refractivity contribution in [3.8, 4) is 0 Å². The quantitative estimate of drug-likeness (QED) is 0.544. The fourth-order valence-electron chi connectivity index (χ4n) is 4.82. The van der Waals surface area contributed by atoms with Crippen LogP contribution < -0.4 is 10.2 Å². The van der Waals surface area contributed by atoms with E-state index in [1.54, 1.807) is 0 Å². The molecular formula is C27H32N2O3. The van der Waals surface area contributed by atoms with Crippen LogP contribution in [0.1, 0.15) is 46.4 Å². The van der Waals surface area contributed by atoms with Gasteiger partial charge in [-0.2, -0.15) is 0 Å². The van der Waals surface area contributed by atoms with E-state index in [2.05, 4.69) is 59.6 Å². The van der Waals surface area contributed by atoms with E-state index < -0.39 is 5.97 Å². The Morgan fingerprint density at radius 3 is 2.75 bits per heavy atom. The minimum absolute atomic E-state index is 0.116. The normalized spacial score (nSPS) is 17.5. The first-order chi connectivity index (χ1) is 15.5. The maximum atomic E-state index is 11.7. The highest BCUT2D eigenvalue weighted by molar-refractivity contribution is 5.93. The van der Waals surface area contributed by atoms with Crippen LogP contribution in [0.25, 0.3) is 10.8 Å². The largest absolute Gasteiger partial charge is 0.478 e. The molecule has 1 saturated heterocycles. The summed E-state index contributed by atoms with van der Waals surface area (Å²) in [5.74, 6) is -0.863. The van der Waals surface area contributed by atoms with Crippen LogP contribution in [0, 0.1) is 13.8 Å². The van der Waals surface area contributed by atoms with E-state index >= 15 is 0 Å². The number of rotatable bonds is 7. The van der Waals surface area contributed by atoms with Crippen LogP contribution in [0.2, 0.25) is 0 Å². The summed E-state index contributed by atoms with van der Waals surface area (Å²) in [5, 5.41) is 15.8. The summed E-state index contributed by atoms with van der Waals surface area (Å²) in [6.45, 7) is 9.02. The molecule has 0 amide bonds. The Kier molecular flexibility index (Phi) is 6.77. The molecule has 5 nitrogen and oxygen atoms in total. The standard InChI is InChI=1S/C27H32N2O3/c1-18-11-12-25(19(2)26(18)27(30)31)29-15-16-32-22(17-29)13-14-28-20(3)23-10-6-8-21-7-4-5-9-24(21)23/h4-12,20,22,28H,13-17H2,1-3H3,(H,30,31)/t20-,22?/m1/s1. The molecule has 168 valence electrons. The number of ether oxygens (including phenoxy) is 1. The molecular weight excluding hydrogens is 400 g/mol. The number of carboxylic acids is 1. The molecule has 0 bridgehead atoms. The smallest absolute Gasteiger partial charge is 0.336 e. The summed E-state index contributed by atoms with van der Waals surface area (Å²) in [4.78, 5) is 14.0. The average molecular weight is 433 g/mol. The lowest BCUT2D eigenvalue weighted by Crippen LogP contribution is -2.44. The first kappa shape index (κ1) is 22.3. The van der Waals surface area contributed by atoms with E-state index in [0.717, 1.165) is 42.9 Å². The maximum Gasteiger partial charge on any atom is 0.336 e. The van der Waals surface area contributed by atoms with Crippen LogP contribution in [0.5, 0.6) is 0 Å². The van der Waals surface area contributed by atoms with Crippen LogP contribution in [0.15, 0.2) is 54.6 Å². The number of hydrogen-bond acceptors (Lipinski definition) is 4. The van der Waals surface area contributed by atoms with Crippen molar-refractivity contribution in [3.63, 3.8) is 0 Å². The summed E-state index contributed by atoms with van der Waals surface area (Å²) in [6, 6.07) is 19.2. The zero-order valence-corrected chi connectivity index (χ0v) is 19.1. The summed E-state index contributed by atoms with van der Waals surface area (Å²) in [7, 11) is 0. The predicted octanol–water partition coefficient (Wildman–Crippen LogP) is 5.10. The molecule has 0 radical (unpaired) electrons. The first-order valence-electron chi connectivity index (χ1n) is 11.4. The molecule has 3 aromatic carbocycles. The molecule has 4 rings (SSSR count). The molecule has 0 aromatic heterocycles. The van der Waals surface area contributed by atoms with E-state index in [-0.39, 0.29) is 12.1 Å². The van der Waals surface area contributed by atoms with Gasteiger partial charge < -0.3 is 20.1 Å². The van der Waals surface area contributed by atoms with Crippen molar-refractivity contribution in [1.82, 2.24) is 5.32 Å². The molecule has 0 spiro atoms. The zero-order chi connectivity index (χ0) is 22.7. The molecule has 0 saturated carbocycles. The Morgan fingerprint density at radius 1 is 1.16 bits per heavy atom. The van der Waals surface area contributed by atoms with Gasteiger partial charge in [0.2, 0.25) is 0 Å². The van der Waals surface area contributed by atoms with Crippen LogP contribution in [-0.4, -0.2) is 43.4 Å². The Labute approximate surface area is 190 Å². The van der Waals surface area contributed by atoms with Gasteiger partial charge >= 0.3 is 5.97 Å². The van der Waals surface area contributed by atoms with Gasteiger partial charge in [0.25, 0.3) is 0 Å². The number of carboxylic acid groups (broad SMARTS) is 1. The predicted molar refractivity (Wildman–Crippen MR) is 130 cm³/mol. The van der Waals surface area contributed by atoms with E-state index in [1.807, 2.05) is 26.0 Å². The van der Waals surface area contributed by atoms with Crippen molar-refractivity contribution >= 4 is 22.4 Å². The summed E-state index contributed by atoms with van der Waals surface area (Å²) in [6.07, 6.45) is 1.02. The van der Waals surface area contributed by atoms with Crippen LogP contribution in [-0.2, 0) is 4.74 Å². The Balaban J connectivity index is 1.38. The van der Waals surface area contributed by atoms with E-state index in [9.17, 15) is 9.90 Å². The molecule has 32 heavy (non-hydrogen) atoms. The number of anilines is 1. The van der Waals surface area contributed by atoms with Gasteiger partial charge in [0.05, 0.1) is 18.3 Å². The number of aromatic carboxylic acids is 1. The second-order valence-corrected chi connectivity index (χ2v) is 8.68. The lowest BCUT2D eigenvalue weighted by Gasteiger charge is -2.36. The first-order valence-corrected chi connectivity index (χ1v) is 11.4. The van der Waals surface area contributed by atoms with Crippen molar-refractivity contribution < 1.29 is 14.6 Å². The highest BCUT2D eigenvalue weighted by atomic mass is 16.5. The number of benzene rings is 3. The third-order valence-electron chi connectivity index (χ3n) is 6.54. The number of carbonyl (C=O) groups is 1. The number of fused-ring (bicyclic) bond motifs is 1. The van der Waals surface area contributed by atoms with Crippen molar-refractivity contribution in [2.75, 3.05) is 31.1 Å². The highest BCUT2D eigenvalue weighted by Gasteiger charge is 2.24. The third-order valence-corrected chi connectivity index (χ3v) is 6.54. The Bertz CT molecular complexity index is 1110. The molecule has 2 atom stereocenters. The Morgan fingerprint density at radius 2 is 1.94 bits per heavy atom. The summed E-state index contributed by atoms with van der Waals surface area (Å²) in [5.41, 5.74) is 4.36. The van der Waals surface area contributed by atoms with Gasteiger partial charge in [-0.25, -0.2) is 4.79 Å². The van der Waals surface area contributed by atoms with E-state index in [0.29, 0.717) is 12.2 Å².